The van der Waals surface area contributed by atoms with Gasteiger partial charge in [-0.05, 0) is 79.6 Å². The highest BCUT2D eigenvalue weighted by Crippen LogP contribution is 2.31. The number of hydrogen-bond acceptors (Lipinski definition) is 5. The highest BCUT2D eigenvalue weighted by atomic mass is 16.5. The number of amides is 1. The zero-order chi connectivity index (χ0) is 27.2. The molecule has 0 radical (unpaired) electrons. The predicted molar refractivity (Wildman–Crippen MR) is 157 cm³/mol. The molecule has 2 heterocycles. The zero-order valence-corrected chi connectivity index (χ0v) is 23.8. The van der Waals surface area contributed by atoms with Crippen LogP contribution >= 0.6 is 0 Å². The normalized spacial score (nSPS) is 16.4. The highest BCUT2D eigenvalue weighted by molar-refractivity contribution is 5.97. The Hall–Kier alpha value is -3.32. The van der Waals surface area contributed by atoms with Crippen LogP contribution in [0.25, 0.3) is 11.1 Å². The van der Waals surface area contributed by atoms with Gasteiger partial charge in [0.15, 0.2) is 0 Å². The summed E-state index contributed by atoms with van der Waals surface area (Å²) in [7, 11) is 3.56. The molecule has 7 nitrogen and oxygen atoms in total. The number of aromatic nitrogens is 2. The highest BCUT2D eigenvalue weighted by Gasteiger charge is 2.27. The van der Waals surface area contributed by atoms with Crippen LogP contribution in [-0.4, -0.2) is 60.4 Å². The van der Waals surface area contributed by atoms with Crippen LogP contribution in [-0.2, 0) is 7.05 Å². The lowest BCUT2D eigenvalue weighted by Gasteiger charge is -2.36. The fourth-order valence-electron chi connectivity index (χ4n) is 4.99. The van der Waals surface area contributed by atoms with Gasteiger partial charge in [-0.2, -0.15) is 5.10 Å². The first-order valence-electron chi connectivity index (χ1n) is 14.0. The van der Waals surface area contributed by atoms with E-state index in [1.165, 1.54) is 19.4 Å². The van der Waals surface area contributed by atoms with Gasteiger partial charge in [-0.3, -0.25) is 14.4 Å². The van der Waals surface area contributed by atoms with Crippen LogP contribution in [0.4, 0.5) is 5.69 Å². The Morgan fingerprint density at radius 3 is 2.47 bits per heavy atom. The van der Waals surface area contributed by atoms with Gasteiger partial charge in [0, 0.05) is 64.2 Å². The number of carbonyl (C=O) groups is 1. The molecule has 1 aliphatic heterocycles. The average Bonchev–Trinajstić information content (AvgIpc) is 3.65. The van der Waals surface area contributed by atoms with Crippen LogP contribution in [0.3, 0.4) is 0 Å². The Labute approximate surface area is 229 Å². The van der Waals surface area contributed by atoms with E-state index in [0.29, 0.717) is 0 Å². The van der Waals surface area contributed by atoms with Gasteiger partial charge in [0.25, 0.3) is 5.91 Å². The molecule has 1 saturated heterocycles. The third-order valence-corrected chi connectivity index (χ3v) is 7.47. The first kappa shape index (κ1) is 27.7. The summed E-state index contributed by atoms with van der Waals surface area (Å²) in [4.78, 5) is 18.4. The second-order valence-electron chi connectivity index (χ2n) is 10.3. The van der Waals surface area contributed by atoms with Gasteiger partial charge < -0.3 is 15.0 Å². The van der Waals surface area contributed by atoms with Crippen LogP contribution in [0.15, 0.2) is 48.8 Å². The molecular weight excluding hydrogens is 474 g/mol. The van der Waals surface area contributed by atoms with Crippen LogP contribution in [0, 0.1) is 12.8 Å². The van der Waals surface area contributed by atoms with E-state index in [2.05, 4.69) is 44.5 Å². The predicted octanol–water partition coefficient (Wildman–Crippen LogP) is 5.70. The molecule has 0 unspecified atom stereocenters. The molecule has 2 aromatic carbocycles. The van der Waals surface area contributed by atoms with Crippen molar-refractivity contribution in [3.63, 3.8) is 0 Å². The lowest BCUT2D eigenvalue weighted by molar-refractivity contribution is 0.0939. The number of nitrogens with one attached hydrogen (secondary N) is 1. The molecular formula is C31H45N5O2. The van der Waals surface area contributed by atoms with Gasteiger partial charge in [-0.1, -0.05) is 19.9 Å². The van der Waals surface area contributed by atoms with Crippen LogP contribution in [0.5, 0.6) is 5.75 Å². The van der Waals surface area contributed by atoms with Crippen molar-refractivity contribution in [3.8, 4) is 16.9 Å². The SMILES string of the molecule is CC.COc1cc(-c2cnn(C)c2)cc([C@@H](C)NC(=O)c2cc(N3CCN(CC4CC4)CC3)ccc2C)c1.[HH]. The van der Waals surface area contributed by atoms with Crippen molar-refractivity contribution in [1.82, 2.24) is 20.0 Å². The molecule has 1 aliphatic carbocycles. The number of aryl methyl sites for hydroxylation is 2. The third kappa shape index (κ3) is 6.76. The number of methoxy groups -OCH3 is 1. The lowest BCUT2D eigenvalue weighted by atomic mass is 10.0. The minimum atomic E-state index is -0.183. The molecule has 1 amide bonds. The van der Waals surface area contributed by atoms with Gasteiger partial charge in [0.1, 0.15) is 5.75 Å². The Balaban J connectivity index is 0.00000137. The van der Waals surface area contributed by atoms with E-state index in [-0.39, 0.29) is 13.4 Å². The maximum Gasteiger partial charge on any atom is 0.252 e. The standard InChI is InChI=1S/C29H37N5O2.C2H6.H2/c1-20-5-8-26(34-11-9-33(10-12-34)18-22-6-7-22)16-28(20)29(35)31-21(2)23-13-24(15-27(14-23)36-4)25-17-30-32(3)19-25;1-2;/h5,8,13-17,19,21-22H,6-7,9-12,18H2,1-4H3,(H,31,35);1-2H3;1H/t21-;;/m1../s1. The third-order valence-electron chi connectivity index (χ3n) is 7.47. The Kier molecular flexibility index (Phi) is 9.10. The van der Waals surface area contributed by atoms with E-state index in [4.69, 9.17) is 4.74 Å². The van der Waals surface area contributed by atoms with Gasteiger partial charge in [0.2, 0.25) is 0 Å². The summed E-state index contributed by atoms with van der Waals surface area (Å²) >= 11 is 0. The largest absolute Gasteiger partial charge is 0.497 e. The second kappa shape index (κ2) is 12.5. The van der Waals surface area contributed by atoms with Crippen LogP contribution in [0.1, 0.15) is 62.6 Å². The first-order valence-corrected chi connectivity index (χ1v) is 14.0. The van der Waals surface area contributed by atoms with Crippen LogP contribution < -0.4 is 15.0 Å². The molecule has 3 aromatic rings. The summed E-state index contributed by atoms with van der Waals surface area (Å²) in [5.74, 6) is 1.63. The van der Waals surface area contributed by atoms with Crippen molar-refractivity contribution in [2.75, 3.05) is 44.7 Å². The Bertz CT molecular complexity index is 1230. The molecule has 1 atom stereocenters. The summed E-state index contributed by atoms with van der Waals surface area (Å²) in [6, 6.07) is 12.2. The molecule has 2 fully saturated rings. The van der Waals surface area contributed by atoms with E-state index < -0.39 is 0 Å². The van der Waals surface area contributed by atoms with Crippen molar-refractivity contribution < 1.29 is 11.0 Å². The summed E-state index contributed by atoms with van der Waals surface area (Å²) in [6.07, 6.45) is 6.61. The zero-order valence-electron chi connectivity index (χ0n) is 23.8. The van der Waals surface area contributed by atoms with E-state index in [1.54, 1.807) is 11.8 Å². The number of rotatable bonds is 8. The van der Waals surface area contributed by atoms with E-state index in [9.17, 15) is 4.79 Å². The number of nitrogens with zero attached hydrogens (tertiary/aromatic N) is 4. The smallest absolute Gasteiger partial charge is 0.252 e. The number of hydrogen-bond donors (Lipinski definition) is 1. The average molecular weight is 520 g/mol. The monoisotopic (exact) mass is 519 g/mol. The Morgan fingerprint density at radius 2 is 1.84 bits per heavy atom. The summed E-state index contributed by atoms with van der Waals surface area (Å²) in [5, 5.41) is 7.50. The summed E-state index contributed by atoms with van der Waals surface area (Å²) < 4.78 is 7.33. The molecule has 0 spiro atoms. The van der Waals surface area contributed by atoms with Crippen molar-refractivity contribution in [3.05, 3.63) is 65.5 Å². The Morgan fingerprint density at radius 1 is 1.11 bits per heavy atom. The molecule has 1 saturated carbocycles. The minimum Gasteiger partial charge on any atom is -0.497 e. The number of carbonyl (C=O) groups excluding carboxylic acids is 1. The molecule has 1 aromatic heterocycles. The molecule has 1 N–H and O–H groups in total. The maximum atomic E-state index is 13.4. The van der Waals surface area contributed by atoms with E-state index in [1.807, 2.05) is 59.3 Å². The lowest BCUT2D eigenvalue weighted by Crippen LogP contribution is -2.47. The fourth-order valence-corrected chi connectivity index (χ4v) is 4.99. The number of ether oxygens (including phenoxy) is 1. The minimum absolute atomic E-state index is 0. The second-order valence-corrected chi connectivity index (χ2v) is 10.3. The molecule has 38 heavy (non-hydrogen) atoms. The van der Waals surface area contributed by atoms with Crippen molar-refractivity contribution >= 4 is 11.6 Å². The van der Waals surface area contributed by atoms with Gasteiger partial charge in [0.05, 0.1) is 19.3 Å². The molecule has 7 heteroatoms. The van der Waals surface area contributed by atoms with Crippen molar-refractivity contribution in [2.24, 2.45) is 13.0 Å². The number of anilines is 1. The van der Waals surface area contributed by atoms with E-state index >= 15 is 0 Å². The van der Waals surface area contributed by atoms with Crippen molar-refractivity contribution in [1.29, 1.82) is 0 Å². The van der Waals surface area contributed by atoms with Gasteiger partial charge in [-0.25, -0.2) is 0 Å². The number of benzene rings is 2. The van der Waals surface area contributed by atoms with E-state index in [0.717, 1.165) is 71.4 Å². The summed E-state index contributed by atoms with van der Waals surface area (Å²) in [5.41, 5.74) is 5.86. The maximum absolute atomic E-state index is 13.4. The van der Waals surface area contributed by atoms with Crippen molar-refractivity contribution in [2.45, 2.75) is 46.6 Å². The summed E-state index contributed by atoms with van der Waals surface area (Å²) in [6.45, 7) is 13.5. The number of piperazine rings is 1. The molecule has 206 valence electrons. The van der Waals surface area contributed by atoms with Crippen LogP contribution in [0.2, 0.25) is 0 Å². The first-order chi connectivity index (χ1) is 18.4. The quantitative estimate of drug-likeness (QED) is 0.414. The molecule has 0 bridgehead atoms. The van der Waals surface area contributed by atoms with Gasteiger partial charge in [-0.15, -0.1) is 0 Å². The fraction of sp³-hybridized carbons (Fsp3) is 0.484. The van der Waals surface area contributed by atoms with Gasteiger partial charge >= 0.3 is 0 Å². The molecule has 5 rings (SSSR count). The molecule has 2 aliphatic rings. The topological polar surface area (TPSA) is 62.6 Å².